The Bertz CT molecular complexity index is 287. The molecule has 0 aromatic rings. The third kappa shape index (κ3) is 3.58. The van der Waals surface area contributed by atoms with E-state index in [2.05, 4.69) is 20.4 Å². The second-order valence-corrected chi connectivity index (χ2v) is 5.38. The average molecular weight is 254 g/mol. The number of hydrogen-bond donors (Lipinski definition) is 0. The predicted molar refractivity (Wildman–Crippen MR) is 72.4 cm³/mol. The second kappa shape index (κ2) is 6.93. The van der Waals surface area contributed by atoms with Gasteiger partial charge in [0.15, 0.2) is 0 Å². The molecule has 1 atom stereocenters. The first-order valence-corrected chi connectivity index (χ1v) is 7.00. The SMILES string of the molecule is C=C(C)C(=O)OC(CCCCC)C1(CC)COC1. The van der Waals surface area contributed by atoms with Crippen LogP contribution in [0.4, 0.5) is 0 Å². The number of esters is 1. The van der Waals surface area contributed by atoms with Crippen molar-refractivity contribution in [1.82, 2.24) is 0 Å². The van der Waals surface area contributed by atoms with Crippen molar-refractivity contribution in [3.8, 4) is 0 Å². The lowest BCUT2D eigenvalue weighted by Crippen LogP contribution is -2.52. The third-order valence-corrected chi connectivity index (χ3v) is 3.83. The molecule has 1 unspecified atom stereocenters. The zero-order valence-electron chi connectivity index (χ0n) is 12.0. The molecular weight excluding hydrogens is 228 g/mol. The van der Waals surface area contributed by atoms with E-state index in [1.807, 2.05) is 0 Å². The molecule has 0 bridgehead atoms. The van der Waals surface area contributed by atoms with Crippen molar-refractivity contribution in [3.05, 3.63) is 12.2 Å². The number of rotatable bonds is 8. The van der Waals surface area contributed by atoms with Crippen LogP contribution in [-0.2, 0) is 14.3 Å². The monoisotopic (exact) mass is 254 g/mol. The summed E-state index contributed by atoms with van der Waals surface area (Å²) in [6, 6.07) is 0. The van der Waals surface area contributed by atoms with E-state index in [9.17, 15) is 4.79 Å². The average Bonchev–Trinajstić information content (AvgIpc) is 2.28. The summed E-state index contributed by atoms with van der Waals surface area (Å²) in [4.78, 5) is 11.7. The molecule has 0 radical (unpaired) electrons. The molecule has 1 heterocycles. The van der Waals surface area contributed by atoms with E-state index in [-0.39, 0.29) is 17.5 Å². The molecule has 0 aromatic carbocycles. The summed E-state index contributed by atoms with van der Waals surface area (Å²) in [5, 5.41) is 0. The van der Waals surface area contributed by atoms with Gasteiger partial charge >= 0.3 is 5.97 Å². The molecule has 0 aliphatic carbocycles. The number of carbonyl (C=O) groups is 1. The third-order valence-electron chi connectivity index (χ3n) is 3.83. The van der Waals surface area contributed by atoms with E-state index < -0.39 is 0 Å². The first-order chi connectivity index (χ1) is 8.55. The molecule has 0 amide bonds. The van der Waals surface area contributed by atoms with Gasteiger partial charge in [-0.25, -0.2) is 4.79 Å². The molecule has 0 aromatic heterocycles. The molecule has 1 rings (SSSR count). The van der Waals surface area contributed by atoms with E-state index in [1.54, 1.807) is 6.92 Å². The van der Waals surface area contributed by atoms with Gasteiger partial charge in [0.25, 0.3) is 0 Å². The molecular formula is C15H26O3. The summed E-state index contributed by atoms with van der Waals surface area (Å²) >= 11 is 0. The minimum atomic E-state index is -0.267. The molecule has 3 nitrogen and oxygen atoms in total. The maximum atomic E-state index is 11.7. The van der Waals surface area contributed by atoms with Crippen LogP contribution in [-0.4, -0.2) is 25.3 Å². The minimum absolute atomic E-state index is 0.0213. The highest BCUT2D eigenvalue weighted by Gasteiger charge is 2.46. The zero-order chi connectivity index (χ0) is 13.6. The van der Waals surface area contributed by atoms with Gasteiger partial charge in [-0.1, -0.05) is 33.3 Å². The van der Waals surface area contributed by atoms with Gasteiger partial charge in [0.05, 0.1) is 18.6 Å². The maximum absolute atomic E-state index is 11.7. The topological polar surface area (TPSA) is 35.5 Å². The van der Waals surface area contributed by atoms with Gasteiger partial charge in [-0.05, 0) is 26.2 Å². The first-order valence-electron chi connectivity index (χ1n) is 7.00. The Hall–Kier alpha value is -0.830. The van der Waals surface area contributed by atoms with Crippen LogP contribution in [0.5, 0.6) is 0 Å². The molecule has 0 N–H and O–H groups in total. The molecule has 1 aliphatic rings. The summed E-state index contributed by atoms with van der Waals surface area (Å²) in [6.45, 7) is 11.1. The maximum Gasteiger partial charge on any atom is 0.333 e. The van der Waals surface area contributed by atoms with Crippen LogP contribution in [0.2, 0.25) is 0 Å². The van der Waals surface area contributed by atoms with Crippen LogP contribution in [0.25, 0.3) is 0 Å². The smallest absolute Gasteiger partial charge is 0.333 e. The summed E-state index contributed by atoms with van der Waals surface area (Å²) in [6.07, 6.45) is 5.37. The highest BCUT2D eigenvalue weighted by molar-refractivity contribution is 5.87. The van der Waals surface area contributed by atoms with E-state index in [1.165, 1.54) is 12.8 Å². The van der Waals surface area contributed by atoms with Crippen LogP contribution in [0.15, 0.2) is 12.2 Å². The van der Waals surface area contributed by atoms with Crippen molar-refractivity contribution in [2.45, 2.75) is 59.0 Å². The highest BCUT2D eigenvalue weighted by Crippen LogP contribution is 2.39. The summed E-state index contributed by atoms with van der Waals surface area (Å²) in [5.74, 6) is -0.267. The van der Waals surface area contributed by atoms with Crippen LogP contribution in [0, 0.1) is 5.41 Å². The lowest BCUT2D eigenvalue weighted by Gasteiger charge is -2.46. The lowest BCUT2D eigenvalue weighted by molar-refractivity contribution is -0.195. The zero-order valence-corrected chi connectivity index (χ0v) is 12.0. The van der Waals surface area contributed by atoms with Crippen LogP contribution >= 0.6 is 0 Å². The Labute approximate surface area is 111 Å². The molecule has 1 saturated heterocycles. The van der Waals surface area contributed by atoms with Crippen molar-refractivity contribution in [2.24, 2.45) is 5.41 Å². The molecule has 0 saturated carbocycles. The lowest BCUT2D eigenvalue weighted by atomic mass is 9.75. The van der Waals surface area contributed by atoms with E-state index in [4.69, 9.17) is 9.47 Å². The minimum Gasteiger partial charge on any atom is -0.458 e. The summed E-state index contributed by atoms with van der Waals surface area (Å²) < 4.78 is 11.0. The number of unbranched alkanes of at least 4 members (excludes halogenated alkanes) is 2. The highest BCUT2D eigenvalue weighted by atomic mass is 16.6. The van der Waals surface area contributed by atoms with Gasteiger partial charge in [0.1, 0.15) is 6.10 Å². The molecule has 1 aliphatic heterocycles. The second-order valence-electron chi connectivity index (χ2n) is 5.38. The van der Waals surface area contributed by atoms with Crippen molar-refractivity contribution >= 4 is 5.97 Å². The van der Waals surface area contributed by atoms with Crippen molar-refractivity contribution in [3.63, 3.8) is 0 Å². The first kappa shape index (κ1) is 15.2. The predicted octanol–water partition coefficient (Wildman–Crippen LogP) is 3.48. The fourth-order valence-corrected chi connectivity index (χ4v) is 2.28. The van der Waals surface area contributed by atoms with E-state index in [0.29, 0.717) is 18.8 Å². The Kier molecular flexibility index (Phi) is 5.86. The Morgan fingerprint density at radius 3 is 2.44 bits per heavy atom. The van der Waals surface area contributed by atoms with Gasteiger partial charge in [0, 0.05) is 5.57 Å². The molecule has 104 valence electrons. The standard InChI is InChI=1S/C15H26O3/c1-5-7-8-9-13(18-14(16)12(3)4)15(6-2)10-17-11-15/h13H,3,5-11H2,1-2,4H3. The van der Waals surface area contributed by atoms with Crippen molar-refractivity contribution < 1.29 is 14.3 Å². The number of carbonyl (C=O) groups excluding carboxylic acids is 1. The molecule has 3 heteroatoms. The largest absolute Gasteiger partial charge is 0.458 e. The normalized spacial score (nSPS) is 18.8. The van der Waals surface area contributed by atoms with E-state index >= 15 is 0 Å². The molecule has 1 fully saturated rings. The van der Waals surface area contributed by atoms with Gasteiger partial charge in [-0.15, -0.1) is 0 Å². The van der Waals surface area contributed by atoms with Crippen LogP contribution in [0.3, 0.4) is 0 Å². The molecule has 18 heavy (non-hydrogen) atoms. The quantitative estimate of drug-likeness (QED) is 0.378. The van der Waals surface area contributed by atoms with Gasteiger partial charge in [0.2, 0.25) is 0 Å². The van der Waals surface area contributed by atoms with E-state index in [0.717, 1.165) is 19.3 Å². The van der Waals surface area contributed by atoms with Crippen LogP contribution in [0.1, 0.15) is 52.9 Å². The van der Waals surface area contributed by atoms with Gasteiger partial charge < -0.3 is 9.47 Å². The molecule has 0 spiro atoms. The Morgan fingerprint density at radius 1 is 1.39 bits per heavy atom. The van der Waals surface area contributed by atoms with Crippen molar-refractivity contribution in [1.29, 1.82) is 0 Å². The van der Waals surface area contributed by atoms with Gasteiger partial charge in [-0.3, -0.25) is 0 Å². The Balaban J connectivity index is 2.62. The van der Waals surface area contributed by atoms with Crippen LogP contribution < -0.4 is 0 Å². The van der Waals surface area contributed by atoms with Gasteiger partial charge in [-0.2, -0.15) is 0 Å². The van der Waals surface area contributed by atoms with Crippen molar-refractivity contribution in [2.75, 3.05) is 13.2 Å². The summed E-state index contributed by atoms with van der Waals surface area (Å²) in [5.41, 5.74) is 0.515. The summed E-state index contributed by atoms with van der Waals surface area (Å²) in [7, 11) is 0. The fourth-order valence-electron chi connectivity index (χ4n) is 2.28. The Morgan fingerprint density at radius 2 is 2.06 bits per heavy atom. The fraction of sp³-hybridized carbons (Fsp3) is 0.800. The number of hydrogen-bond acceptors (Lipinski definition) is 3. The number of ether oxygens (including phenoxy) is 2.